The standard InChI is InChI=1S/C13H17N3OS/c1-11-3-4-12(14)13(9-11)18(17)8-2-6-16-7-5-15-10-16/h3-5,7,9-10H,2,6,8,14H2,1H3. The fraction of sp³-hybridized carbons (Fsp3) is 0.308. The van der Waals surface area contributed by atoms with Crippen LogP contribution in [0, 0.1) is 6.92 Å². The van der Waals surface area contributed by atoms with E-state index >= 15 is 0 Å². The molecular weight excluding hydrogens is 246 g/mol. The third-order valence-electron chi connectivity index (χ3n) is 2.72. The minimum Gasteiger partial charge on any atom is -0.398 e. The van der Waals surface area contributed by atoms with Crippen LogP contribution >= 0.6 is 0 Å². The highest BCUT2D eigenvalue weighted by atomic mass is 32.2. The van der Waals surface area contributed by atoms with E-state index in [1.54, 1.807) is 12.5 Å². The van der Waals surface area contributed by atoms with Crippen LogP contribution in [0.25, 0.3) is 0 Å². The first kappa shape index (κ1) is 12.8. The smallest absolute Gasteiger partial charge is 0.0945 e. The lowest BCUT2D eigenvalue weighted by atomic mass is 10.2. The second kappa shape index (κ2) is 5.82. The Morgan fingerprint density at radius 1 is 1.44 bits per heavy atom. The maximum atomic E-state index is 12.2. The van der Waals surface area contributed by atoms with E-state index in [9.17, 15) is 4.21 Å². The molecule has 0 aliphatic heterocycles. The number of benzene rings is 1. The van der Waals surface area contributed by atoms with E-state index in [-0.39, 0.29) is 0 Å². The highest BCUT2D eigenvalue weighted by molar-refractivity contribution is 7.85. The van der Waals surface area contributed by atoms with Crippen molar-refractivity contribution in [2.24, 2.45) is 0 Å². The summed E-state index contributed by atoms with van der Waals surface area (Å²) < 4.78 is 14.1. The topological polar surface area (TPSA) is 60.9 Å². The lowest BCUT2D eigenvalue weighted by Gasteiger charge is -2.07. The van der Waals surface area contributed by atoms with Crippen LogP contribution in [-0.2, 0) is 17.3 Å². The monoisotopic (exact) mass is 263 g/mol. The van der Waals surface area contributed by atoms with Crippen LogP contribution in [0.3, 0.4) is 0 Å². The van der Waals surface area contributed by atoms with Gasteiger partial charge < -0.3 is 10.3 Å². The number of rotatable bonds is 5. The molecular formula is C13H17N3OS. The van der Waals surface area contributed by atoms with Crippen molar-refractivity contribution in [3.05, 3.63) is 42.5 Å². The number of anilines is 1. The van der Waals surface area contributed by atoms with E-state index in [2.05, 4.69) is 4.98 Å². The zero-order chi connectivity index (χ0) is 13.0. The first-order valence-electron chi connectivity index (χ1n) is 5.87. The summed E-state index contributed by atoms with van der Waals surface area (Å²) in [5, 5.41) is 0. The molecule has 0 spiro atoms. The molecule has 1 atom stereocenters. The van der Waals surface area contributed by atoms with Gasteiger partial charge in [-0.05, 0) is 31.0 Å². The van der Waals surface area contributed by atoms with Crippen molar-refractivity contribution < 1.29 is 4.21 Å². The highest BCUT2D eigenvalue weighted by Gasteiger charge is 2.08. The average Bonchev–Trinajstić information content (AvgIpc) is 2.85. The van der Waals surface area contributed by atoms with Crippen LogP contribution in [0.4, 0.5) is 5.69 Å². The van der Waals surface area contributed by atoms with Crippen molar-refractivity contribution >= 4 is 16.5 Å². The highest BCUT2D eigenvalue weighted by Crippen LogP contribution is 2.18. The quantitative estimate of drug-likeness (QED) is 0.839. The zero-order valence-corrected chi connectivity index (χ0v) is 11.2. The summed E-state index contributed by atoms with van der Waals surface area (Å²) in [6, 6.07) is 5.66. The van der Waals surface area contributed by atoms with Crippen LogP contribution in [-0.4, -0.2) is 19.5 Å². The number of nitrogen functional groups attached to an aromatic ring is 1. The Balaban J connectivity index is 1.93. The molecule has 0 fully saturated rings. The summed E-state index contributed by atoms with van der Waals surface area (Å²) in [6.45, 7) is 2.81. The Labute approximate surface area is 109 Å². The third kappa shape index (κ3) is 3.20. The molecule has 0 aliphatic carbocycles. The molecule has 96 valence electrons. The largest absolute Gasteiger partial charge is 0.398 e. The molecule has 0 amide bonds. The van der Waals surface area contributed by atoms with E-state index in [0.29, 0.717) is 11.4 Å². The summed E-state index contributed by atoms with van der Waals surface area (Å²) in [4.78, 5) is 4.72. The number of imidazole rings is 1. The molecule has 0 bridgehead atoms. The molecule has 0 aliphatic rings. The minimum atomic E-state index is -1.03. The van der Waals surface area contributed by atoms with Gasteiger partial charge in [-0.2, -0.15) is 0 Å². The lowest BCUT2D eigenvalue weighted by molar-refractivity contribution is 0.658. The summed E-state index contributed by atoms with van der Waals surface area (Å²) in [5.41, 5.74) is 7.55. The molecule has 0 saturated carbocycles. The number of nitrogens with zero attached hydrogens (tertiary/aromatic N) is 2. The Morgan fingerprint density at radius 2 is 2.28 bits per heavy atom. The first-order chi connectivity index (χ1) is 8.66. The molecule has 18 heavy (non-hydrogen) atoms. The van der Waals surface area contributed by atoms with Gasteiger partial charge >= 0.3 is 0 Å². The molecule has 4 nitrogen and oxygen atoms in total. The van der Waals surface area contributed by atoms with Gasteiger partial charge in [0.1, 0.15) is 0 Å². The molecule has 1 unspecified atom stereocenters. The Hall–Kier alpha value is -1.62. The second-order valence-electron chi connectivity index (χ2n) is 4.24. The van der Waals surface area contributed by atoms with E-state index < -0.39 is 10.8 Å². The van der Waals surface area contributed by atoms with Crippen LogP contribution in [0.2, 0.25) is 0 Å². The predicted octanol–water partition coefficient (Wildman–Crippen LogP) is 1.97. The van der Waals surface area contributed by atoms with Crippen molar-refractivity contribution in [3.8, 4) is 0 Å². The van der Waals surface area contributed by atoms with Crippen molar-refractivity contribution in [2.45, 2.75) is 24.8 Å². The van der Waals surface area contributed by atoms with Crippen molar-refractivity contribution in [1.29, 1.82) is 0 Å². The number of hydrogen-bond acceptors (Lipinski definition) is 3. The van der Waals surface area contributed by atoms with E-state index in [1.807, 2.05) is 35.9 Å². The predicted molar refractivity (Wildman–Crippen MR) is 73.7 cm³/mol. The molecule has 0 radical (unpaired) electrons. The van der Waals surface area contributed by atoms with Gasteiger partial charge in [-0.1, -0.05) is 6.07 Å². The summed E-state index contributed by atoms with van der Waals surface area (Å²) in [6.07, 6.45) is 6.26. The Morgan fingerprint density at radius 3 is 3.00 bits per heavy atom. The lowest BCUT2D eigenvalue weighted by Crippen LogP contribution is -2.05. The van der Waals surface area contributed by atoms with Gasteiger partial charge in [0.2, 0.25) is 0 Å². The summed E-state index contributed by atoms with van der Waals surface area (Å²) in [7, 11) is -1.03. The molecule has 2 rings (SSSR count). The molecule has 0 saturated heterocycles. The van der Waals surface area contributed by atoms with Crippen LogP contribution in [0.5, 0.6) is 0 Å². The first-order valence-corrected chi connectivity index (χ1v) is 7.19. The third-order valence-corrected chi connectivity index (χ3v) is 4.22. The number of aromatic nitrogens is 2. The number of aryl methyl sites for hydroxylation is 2. The van der Waals surface area contributed by atoms with Crippen molar-refractivity contribution in [3.63, 3.8) is 0 Å². The summed E-state index contributed by atoms with van der Waals surface area (Å²) in [5.74, 6) is 0.617. The SMILES string of the molecule is Cc1ccc(N)c(S(=O)CCCn2ccnc2)c1. The van der Waals surface area contributed by atoms with E-state index in [4.69, 9.17) is 5.73 Å². The van der Waals surface area contributed by atoms with Crippen LogP contribution in [0.15, 0.2) is 41.8 Å². The zero-order valence-electron chi connectivity index (χ0n) is 10.4. The fourth-order valence-corrected chi connectivity index (χ4v) is 3.01. The van der Waals surface area contributed by atoms with Crippen molar-refractivity contribution in [1.82, 2.24) is 9.55 Å². The molecule has 1 aromatic carbocycles. The van der Waals surface area contributed by atoms with Gasteiger partial charge in [-0.25, -0.2) is 4.98 Å². The average molecular weight is 263 g/mol. The molecule has 2 aromatic rings. The van der Waals surface area contributed by atoms with Gasteiger partial charge in [0.05, 0.1) is 22.0 Å². The molecule has 2 N–H and O–H groups in total. The normalized spacial score (nSPS) is 12.5. The van der Waals surface area contributed by atoms with Crippen LogP contribution in [0.1, 0.15) is 12.0 Å². The maximum absolute atomic E-state index is 12.2. The minimum absolute atomic E-state index is 0.613. The van der Waals surface area contributed by atoms with Gasteiger partial charge in [0.15, 0.2) is 0 Å². The number of hydrogen-bond donors (Lipinski definition) is 1. The van der Waals surface area contributed by atoms with Gasteiger partial charge in [-0.15, -0.1) is 0 Å². The van der Waals surface area contributed by atoms with Crippen molar-refractivity contribution in [2.75, 3.05) is 11.5 Å². The molecule has 1 aromatic heterocycles. The Kier molecular flexibility index (Phi) is 4.15. The fourth-order valence-electron chi connectivity index (χ4n) is 1.75. The Bertz CT molecular complexity index is 537. The van der Waals surface area contributed by atoms with Gasteiger partial charge in [0.25, 0.3) is 0 Å². The molecule has 5 heteroatoms. The second-order valence-corrected chi connectivity index (χ2v) is 5.78. The molecule has 1 heterocycles. The number of nitrogens with two attached hydrogens (primary N) is 1. The summed E-state index contributed by atoms with van der Waals surface area (Å²) >= 11 is 0. The van der Waals surface area contributed by atoms with Gasteiger partial charge in [0, 0.05) is 30.4 Å². The maximum Gasteiger partial charge on any atom is 0.0945 e. The van der Waals surface area contributed by atoms with E-state index in [1.165, 1.54) is 0 Å². The van der Waals surface area contributed by atoms with Crippen LogP contribution < -0.4 is 5.73 Å². The van der Waals surface area contributed by atoms with E-state index in [0.717, 1.165) is 23.4 Å². The van der Waals surface area contributed by atoms with Gasteiger partial charge in [-0.3, -0.25) is 4.21 Å².